The summed E-state index contributed by atoms with van der Waals surface area (Å²) in [6.07, 6.45) is -0.128. The van der Waals surface area contributed by atoms with Gasteiger partial charge in [0.05, 0.1) is 11.7 Å². The van der Waals surface area contributed by atoms with Gasteiger partial charge < -0.3 is 19.9 Å². The third-order valence-corrected chi connectivity index (χ3v) is 6.63. The molecular weight excluding hydrogens is 445 g/mol. The Kier molecular flexibility index (Phi) is 7.60. The van der Waals surface area contributed by atoms with Gasteiger partial charge in [0, 0.05) is 44.1 Å². The Bertz CT molecular complexity index is 954. The third kappa shape index (κ3) is 6.20. The average molecular weight is 477 g/mol. The van der Waals surface area contributed by atoms with Crippen molar-refractivity contribution in [3.63, 3.8) is 0 Å². The van der Waals surface area contributed by atoms with Gasteiger partial charge >= 0.3 is 6.18 Å². The van der Waals surface area contributed by atoms with E-state index >= 15 is 0 Å². The highest BCUT2D eigenvalue weighted by molar-refractivity contribution is 5.77. The number of aromatic nitrogens is 1. The number of hydrogen-bond donors (Lipinski definition) is 1. The van der Waals surface area contributed by atoms with E-state index in [9.17, 15) is 18.0 Å². The molecule has 0 bridgehead atoms. The van der Waals surface area contributed by atoms with Crippen molar-refractivity contribution in [3.05, 3.63) is 53.7 Å². The molecule has 0 atom stereocenters. The SMILES string of the molecule is Cc1cnc(NC2CCC(OCC(=O)N3CCN(c4ccccc4)CC3)CC2)cc1C(F)(F)F. The van der Waals surface area contributed by atoms with Gasteiger partial charge in [0.15, 0.2) is 0 Å². The van der Waals surface area contributed by atoms with Gasteiger partial charge in [-0.3, -0.25) is 4.79 Å². The second-order valence-electron chi connectivity index (χ2n) is 9.01. The van der Waals surface area contributed by atoms with Crippen molar-refractivity contribution >= 4 is 17.4 Å². The van der Waals surface area contributed by atoms with Crippen LogP contribution in [0.4, 0.5) is 24.7 Å². The number of ether oxygens (including phenoxy) is 1. The van der Waals surface area contributed by atoms with E-state index < -0.39 is 11.7 Å². The molecule has 1 amide bonds. The van der Waals surface area contributed by atoms with Gasteiger partial charge in [0.1, 0.15) is 12.4 Å². The number of pyridine rings is 1. The fraction of sp³-hybridized carbons (Fsp3) is 0.520. The number of hydrogen-bond acceptors (Lipinski definition) is 5. The summed E-state index contributed by atoms with van der Waals surface area (Å²) in [6, 6.07) is 11.3. The highest BCUT2D eigenvalue weighted by atomic mass is 19.4. The minimum Gasteiger partial charge on any atom is -0.368 e. The summed E-state index contributed by atoms with van der Waals surface area (Å²) in [6.45, 7) is 4.44. The summed E-state index contributed by atoms with van der Waals surface area (Å²) in [5.74, 6) is 0.253. The van der Waals surface area contributed by atoms with Crippen molar-refractivity contribution < 1.29 is 22.7 Å². The molecule has 1 N–H and O–H groups in total. The van der Waals surface area contributed by atoms with Gasteiger partial charge in [0.2, 0.25) is 5.91 Å². The number of benzene rings is 1. The van der Waals surface area contributed by atoms with Crippen LogP contribution in [0.15, 0.2) is 42.6 Å². The minimum atomic E-state index is -4.39. The zero-order chi connectivity index (χ0) is 24.1. The predicted octanol–water partition coefficient (Wildman–Crippen LogP) is 4.50. The molecule has 1 aliphatic heterocycles. The zero-order valence-electron chi connectivity index (χ0n) is 19.4. The lowest BCUT2D eigenvalue weighted by molar-refractivity contribution is -0.139. The molecule has 184 valence electrons. The van der Waals surface area contributed by atoms with Crippen molar-refractivity contribution in [1.29, 1.82) is 0 Å². The molecule has 2 heterocycles. The summed E-state index contributed by atoms with van der Waals surface area (Å²) >= 11 is 0. The van der Waals surface area contributed by atoms with Crippen LogP contribution in [0.5, 0.6) is 0 Å². The number of halogens is 3. The molecule has 2 aliphatic rings. The first-order valence-electron chi connectivity index (χ1n) is 11.8. The van der Waals surface area contributed by atoms with E-state index in [1.807, 2.05) is 23.1 Å². The van der Waals surface area contributed by atoms with Crippen molar-refractivity contribution in [2.24, 2.45) is 0 Å². The predicted molar refractivity (Wildman–Crippen MR) is 125 cm³/mol. The van der Waals surface area contributed by atoms with Crippen LogP contribution in [0.25, 0.3) is 0 Å². The molecule has 0 unspecified atom stereocenters. The molecular formula is C25H31F3N4O2. The number of aryl methyl sites for hydroxylation is 1. The Labute approximate surface area is 198 Å². The van der Waals surface area contributed by atoms with Crippen LogP contribution >= 0.6 is 0 Å². The molecule has 1 aliphatic carbocycles. The Morgan fingerprint density at radius 1 is 1.09 bits per heavy atom. The summed E-state index contributed by atoms with van der Waals surface area (Å²) < 4.78 is 45.3. The number of nitrogens with one attached hydrogen (secondary N) is 1. The monoisotopic (exact) mass is 476 g/mol. The van der Waals surface area contributed by atoms with Gasteiger partial charge in [-0.25, -0.2) is 4.98 Å². The standard InChI is InChI=1S/C25H31F3N4O2/c1-18-16-29-23(15-22(18)25(26,27)28)30-19-7-9-21(10-8-19)34-17-24(33)32-13-11-31(12-14-32)20-5-3-2-4-6-20/h2-6,15-16,19,21H,7-14,17H2,1H3,(H,29,30). The number of carbonyl (C=O) groups excluding carboxylic acids is 1. The largest absolute Gasteiger partial charge is 0.416 e. The van der Waals surface area contributed by atoms with Gasteiger partial charge in [-0.15, -0.1) is 0 Å². The zero-order valence-corrected chi connectivity index (χ0v) is 19.4. The molecule has 1 aromatic heterocycles. The summed E-state index contributed by atoms with van der Waals surface area (Å²) in [5, 5.41) is 3.13. The molecule has 2 aromatic rings. The molecule has 1 saturated heterocycles. The number of para-hydroxylation sites is 1. The second kappa shape index (κ2) is 10.6. The number of alkyl halides is 3. The smallest absolute Gasteiger partial charge is 0.368 e. The van der Waals surface area contributed by atoms with Gasteiger partial charge in [-0.2, -0.15) is 13.2 Å². The topological polar surface area (TPSA) is 57.7 Å². The fourth-order valence-corrected chi connectivity index (χ4v) is 4.62. The van der Waals surface area contributed by atoms with E-state index in [1.54, 1.807) is 0 Å². The van der Waals surface area contributed by atoms with Gasteiger partial charge in [-0.05, 0) is 56.4 Å². The molecule has 1 saturated carbocycles. The van der Waals surface area contributed by atoms with Crippen LogP contribution in [0.2, 0.25) is 0 Å². The number of amides is 1. The maximum Gasteiger partial charge on any atom is 0.416 e. The molecule has 2 fully saturated rings. The summed E-state index contributed by atoms with van der Waals surface area (Å²) in [4.78, 5) is 20.8. The van der Waals surface area contributed by atoms with Crippen LogP contribution in [0, 0.1) is 6.92 Å². The summed E-state index contributed by atoms with van der Waals surface area (Å²) in [5.41, 5.74) is 0.623. The average Bonchev–Trinajstić information content (AvgIpc) is 2.84. The van der Waals surface area contributed by atoms with Crippen LogP contribution < -0.4 is 10.2 Å². The van der Waals surface area contributed by atoms with Crippen LogP contribution in [0.3, 0.4) is 0 Å². The van der Waals surface area contributed by atoms with Crippen LogP contribution in [-0.4, -0.2) is 60.7 Å². The van der Waals surface area contributed by atoms with Crippen molar-refractivity contribution in [3.8, 4) is 0 Å². The maximum atomic E-state index is 13.1. The van der Waals surface area contributed by atoms with Crippen molar-refractivity contribution in [1.82, 2.24) is 9.88 Å². The lowest BCUT2D eigenvalue weighted by Crippen LogP contribution is -2.50. The molecule has 34 heavy (non-hydrogen) atoms. The van der Waals surface area contributed by atoms with E-state index in [4.69, 9.17) is 4.74 Å². The van der Waals surface area contributed by atoms with Gasteiger partial charge in [0.25, 0.3) is 0 Å². The quantitative estimate of drug-likeness (QED) is 0.666. The van der Waals surface area contributed by atoms with Crippen molar-refractivity contribution in [2.75, 3.05) is 43.0 Å². The Balaban J connectivity index is 1.18. The number of carbonyl (C=O) groups is 1. The van der Waals surface area contributed by atoms with Gasteiger partial charge in [-0.1, -0.05) is 18.2 Å². The second-order valence-corrected chi connectivity index (χ2v) is 9.01. The lowest BCUT2D eigenvalue weighted by Gasteiger charge is -2.36. The van der Waals surface area contributed by atoms with E-state index in [0.29, 0.717) is 13.1 Å². The Morgan fingerprint density at radius 2 is 1.76 bits per heavy atom. The van der Waals surface area contributed by atoms with Crippen LogP contribution in [-0.2, 0) is 15.7 Å². The molecule has 1 aromatic carbocycles. The minimum absolute atomic E-state index is 0.00989. The van der Waals surface area contributed by atoms with E-state index in [2.05, 4.69) is 27.3 Å². The molecule has 0 radical (unpaired) electrons. The third-order valence-electron chi connectivity index (χ3n) is 6.63. The summed E-state index contributed by atoms with van der Waals surface area (Å²) in [7, 11) is 0. The number of nitrogens with zero attached hydrogens (tertiary/aromatic N) is 3. The fourth-order valence-electron chi connectivity index (χ4n) is 4.62. The molecule has 6 nitrogen and oxygen atoms in total. The number of rotatable bonds is 6. The van der Waals surface area contributed by atoms with Crippen molar-refractivity contribution in [2.45, 2.75) is 50.9 Å². The normalized spacial score (nSPS) is 21.4. The lowest BCUT2D eigenvalue weighted by atomic mass is 9.93. The first-order valence-corrected chi connectivity index (χ1v) is 11.8. The number of anilines is 2. The Morgan fingerprint density at radius 3 is 2.41 bits per heavy atom. The number of piperazine rings is 1. The van der Waals surface area contributed by atoms with Crippen LogP contribution in [0.1, 0.15) is 36.8 Å². The maximum absolute atomic E-state index is 13.1. The van der Waals surface area contributed by atoms with E-state index in [0.717, 1.165) is 44.8 Å². The highest BCUT2D eigenvalue weighted by Crippen LogP contribution is 2.33. The van der Waals surface area contributed by atoms with E-state index in [-0.39, 0.29) is 36.0 Å². The first kappa shape index (κ1) is 24.3. The first-order chi connectivity index (χ1) is 16.3. The molecule has 9 heteroatoms. The highest BCUT2D eigenvalue weighted by Gasteiger charge is 2.33. The Hall–Kier alpha value is -2.81. The molecule has 4 rings (SSSR count). The van der Waals surface area contributed by atoms with E-state index in [1.165, 1.54) is 18.8 Å². The molecule has 0 spiro atoms.